The maximum absolute atomic E-state index is 11.7. The van der Waals surface area contributed by atoms with Gasteiger partial charge >= 0.3 is 6.03 Å². The Balaban J connectivity index is 1.70. The summed E-state index contributed by atoms with van der Waals surface area (Å²) in [6.45, 7) is 2.41. The number of urea groups is 1. The maximum Gasteiger partial charge on any atom is 0.314 e. The zero-order valence-corrected chi connectivity index (χ0v) is 13.4. The third-order valence-electron chi connectivity index (χ3n) is 3.80. The lowest BCUT2D eigenvalue weighted by molar-refractivity contribution is 0.173. The average molecular weight is 326 g/mol. The van der Waals surface area contributed by atoms with Crippen molar-refractivity contribution in [1.82, 2.24) is 10.6 Å². The summed E-state index contributed by atoms with van der Waals surface area (Å²) >= 11 is 0. The molecular weight excluding hydrogens is 304 g/mol. The molecule has 0 unspecified atom stereocenters. The van der Waals surface area contributed by atoms with Gasteiger partial charge in [-0.25, -0.2) is 13.2 Å². The molecule has 0 aliphatic carbocycles. The normalized spacial score (nSPS) is 21.3. The van der Waals surface area contributed by atoms with E-state index in [1.54, 1.807) is 0 Å². The average Bonchev–Trinajstić information content (AvgIpc) is 2.82. The lowest BCUT2D eigenvalue weighted by Gasteiger charge is -2.14. The molecule has 122 valence electrons. The lowest BCUT2D eigenvalue weighted by Crippen LogP contribution is -2.40. The van der Waals surface area contributed by atoms with Gasteiger partial charge in [0, 0.05) is 13.1 Å². The van der Waals surface area contributed by atoms with Crippen LogP contribution in [0.25, 0.3) is 0 Å². The number of rotatable bonds is 5. The Morgan fingerprint density at radius 3 is 2.59 bits per heavy atom. The van der Waals surface area contributed by atoms with Gasteiger partial charge in [0.1, 0.15) is 0 Å². The minimum Gasteiger partial charge on any atom is -0.387 e. The van der Waals surface area contributed by atoms with E-state index in [0.717, 1.165) is 11.1 Å². The molecule has 1 saturated heterocycles. The molecule has 1 aromatic carbocycles. The van der Waals surface area contributed by atoms with Gasteiger partial charge < -0.3 is 15.7 Å². The van der Waals surface area contributed by atoms with Crippen molar-refractivity contribution in [1.29, 1.82) is 0 Å². The van der Waals surface area contributed by atoms with Crippen LogP contribution in [0.5, 0.6) is 0 Å². The number of sulfone groups is 1. The van der Waals surface area contributed by atoms with Gasteiger partial charge in [0.25, 0.3) is 0 Å². The Labute approximate surface area is 130 Å². The van der Waals surface area contributed by atoms with Crippen LogP contribution >= 0.6 is 0 Å². The summed E-state index contributed by atoms with van der Waals surface area (Å²) in [5.41, 5.74) is 1.85. The summed E-state index contributed by atoms with van der Waals surface area (Å²) in [5, 5.41) is 15.2. The molecule has 2 rings (SSSR count). The van der Waals surface area contributed by atoms with Crippen molar-refractivity contribution in [2.24, 2.45) is 5.92 Å². The molecular formula is C15H22N2O4S. The highest BCUT2D eigenvalue weighted by Crippen LogP contribution is 2.17. The molecule has 22 heavy (non-hydrogen) atoms. The lowest BCUT2D eigenvalue weighted by atomic mass is 10.1. The molecule has 1 fully saturated rings. The number of aryl methyl sites for hydroxylation is 1. The molecule has 1 aliphatic heterocycles. The molecule has 1 aromatic rings. The number of nitrogens with one attached hydrogen (secondary N) is 2. The van der Waals surface area contributed by atoms with E-state index in [9.17, 15) is 18.3 Å². The molecule has 7 heteroatoms. The SMILES string of the molecule is Cc1ccc([C@@H](O)CNC(=O)NC[C@H]2CCS(=O)(=O)C2)cc1. The van der Waals surface area contributed by atoms with Crippen LogP contribution in [0.4, 0.5) is 4.79 Å². The van der Waals surface area contributed by atoms with E-state index in [-0.39, 0.29) is 24.0 Å². The Morgan fingerprint density at radius 1 is 1.32 bits per heavy atom. The summed E-state index contributed by atoms with van der Waals surface area (Å²) in [6, 6.07) is 7.06. The summed E-state index contributed by atoms with van der Waals surface area (Å²) in [6.07, 6.45) is -0.174. The first-order valence-electron chi connectivity index (χ1n) is 7.32. The molecule has 0 radical (unpaired) electrons. The number of hydrogen-bond acceptors (Lipinski definition) is 4. The van der Waals surface area contributed by atoms with Crippen LogP contribution in [-0.2, 0) is 9.84 Å². The van der Waals surface area contributed by atoms with Gasteiger partial charge in [0.15, 0.2) is 9.84 Å². The Bertz CT molecular complexity index is 613. The van der Waals surface area contributed by atoms with Crippen molar-refractivity contribution in [3.63, 3.8) is 0 Å². The monoisotopic (exact) mass is 326 g/mol. The van der Waals surface area contributed by atoms with Crippen molar-refractivity contribution < 1.29 is 18.3 Å². The highest BCUT2D eigenvalue weighted by atomic mass is 32.2. The second kappa shape index (κ2) is 7.11. The van der Waals surface area contributed by atoms with E-state index in [1.165, 1.54) is 0 Å². The second-order valence-corrected chi connectivity index (χ2v) is 8.02. The summed E-state index contributed by atoms with van der Waals surface area (Å²) in [7, 11) is -2.92. The van der Waals surface area contributed by atoms with E-state index in [1.807, 2.05) is 31.2 Å². The molecule has 2 amide bonds. The van der Waals surface area contributed by atoms with Gasteiger partial charge in [-0.1, -0.05) is 29.8 Å². The van der Waals surface area contributed by atoms with Crippen molar-refractivity contribution >= 4 is 15.9 Å². The third-order valence-corrected chi connectivity index (χ3v) is 5.63. The minimum atomic E-state index is -2.92. The molecule has 6 nitrogen and oxygen atoms in total. The Hall–Kier alpha value is -1.60. The molecule has 0 aromatic heterocycles. The van der Waals surface area contributed by atoms with Crippen molar-refractivity contribution in [2.75, 3.05) is 24.6 Å². The quantitative estimate of drug-likeness (QED) is 0.744. The number of hydrogen-bond donors (Lipinski definition) is 3. The molecule has 0 bridgehead atoms. The summed E-state index contributed by atoms with van der Waals surface area (Å²) in [5.74, 6) is 0.324. The van der Waals surface area contributed by atoms with Gasteiger partial charge in [-0.2, -0.15) is 0 Å². The highest BCUT2D eigenvalue weighted by molar-refractivity contribution is 7.91. The minimum absolute atomic E-state index is 0.0160. The molecule has 2 atom stereocenters. The molecule has 1 heterocycles. The van der Waals surface area contributed by atoms with Crippen LogP contribution in [0.15, 0.2) is 24.3 Å². The van der Waals surface area contributed by atoms with Crippen LogP contribution in [0.3, 0.4) is 0 Å². The molecule has 0 spiro atoms. The largest absolute Gasteiger partial charge is 0.387 e. The van der Waals surface area contributed by atoms with E-state index < -0.39 is 22.0 Å². The molecule has 1 aliphatic rings. The fourth-order valence-corrected chi connectivity index (χ4v) is 4.29. The number of amides is 2. The van der Waals surface area contributed by atoms with E-state index in [0.29, 0.717) is 13.0 Å². The second-order valence-electron chi connectivity index (χ2n) is 5.79. The van der Waals surface area contributed by atoms with Crippen LogP contribution in [0.2, 0.25) is 0 Å². The van der Waals surface area contributed by atoms with Gasteiger partial charge in [0.05, 0.1) is 17.6 Å². The standard InChI is InChI=1S/C15H22N2O4S/c1-11-2-4-13(5-3-11)14(18)9-17-15(19)16-8-12-6-7-22(20,21)10-12/h2-5,12,14,18H,6-10H2,1H3,(H2,16,17,19)/t12-,14+/m1/s1. The number of aliphatic hydroxyl groups is 1. The molecule has 3 N–H and O–H groups in total. The topological polar surface area (TPSA) is 95.5 Å². The zero-order valence-electron chi connectivity index (χ0n) is 12.6. The van der Waals surface area contributed by atoms with Gasteiger partial charge in [-0.05, 0) is 24.8 Å². The number of carbonyl (C=O) groups excluding carboxylic acids is 1. The smallest absolute Gasteiger partial charge is 0.314 e. The summed E-state index contributed by atoms with van der Waals surface area (Å²) in [4.78, 5) is 11.7. The predicted octanol–water partition coefficient (Wildman–Crippen LogP) is 0.762. The van der Waals surface area contributed by atoms with E-state index >= 15 is 0 Å². The number of aliphatic hydroxyl groups excluding tert-OH is 1. The van der Waals surface area contributed by atoms with Crippen LogP contribution in [0, 0.1) is 12.8 Å². The highest BCUT2D eigenvalue weighted by Gasteiger charge is 2.27. The Kier molecular flexibility index (Phi) is 5.42. The van der Waals surface area contributed by atoms with Gasteiger partial charge in [-0.15, -0.1) is 0 Å². The fourth-order valence-electron chi connectivity index (χ4n) is 2.43. The van der Waals surface area contributed by atoms with Crippen LogP contribution in [-0.4, -0.2) is 44.2 Å². The third kappa shape index (κ3) is 4.99. The number of benzene rings is 1. The molecule has 0 saturated carbocycles. The van der Waals surface area contributed by atoms with E-state index in [2.05, 4.69) is 10.6 Å². The zero-order chi connectivity index (χ0) is 16.2. The van der Waals surface area contributed by atoms with Crippen molar-refractivity contribution in [3.8, 4) is 0 Å². The van der Waals surface area contributed by atoms with Crippen molar-refractivity contribution in [3.05, 3.63) is 35.4 Å². The van der Waals surface area contributed by atoms with E-state index in [4.69, 9.17) is 0 Å². The van der Waals surface area contributed by atoms with Crippen LogP contribution < -0.4 is 10.6 Å². The summed E-state index contributed by atoms with van der Waals surface area (Å²) < 4.78 is 22.6. The maximum atomic E-state index is 11.7. The van der Waals surface area contributed by atoms with Gasteiger partial charge in [0.2, 0.25) is 0 Å². The first-order valence-corrected chi connectivity index (χ1v) is 9.14. The first-order chi connectivity index (χ1) is 10.4. The van der Waals surface area contributed by atoms with Gasteiger partial charge in [-0.3, -0.25) is 0 Å². The van der Waals surface area contributed by atoms with Crippen LogP contribution in [0.1, 0.15) is 23.7 Å². The predicted molar refractivity (Wildman–Crippen MR) is 84.3 cm³/mol. The Morgan fingerprint density at radius 2 is 2.00 bits per heavy atom. The fraction of sp³-hybridized carbons (Fsp3) is 0.533. The van der Waals surface area contributed by atoms with Crippen molar-refractivity contribution in [2.45, 2.75) is 19.4 Å². The first kappa shape index (κ1) is 16.8. The number of carbonyl (C=O) groups is 1.